The fourth-order valence-corrected chi connectivity index (χ4v) is 2.65. The van der Waals surface area contributed by atoms with E-state index in [4.69, 9.17) is 0 Å². The molecule has 146 valence electrons. The number of anilines is 1. The van der Waals surface area contributed by atoms with Gasteiger partial charge in [-0.2, -0.15) is 22.0 Å². The first-order chi connectivity index (χ1) is 12.3. The summed E-state index contributed by atoms with van der Waals surface area (Å²) in [7, 11) is 3.24. The van der Waals surface area contributed by atoms with Gasteiger partial charge in [-0.05, 0) is 23.8 Å². The Morgan fingerprint density at radius 3 is 1.93 bits per heavy atom. The van der Waals surface area contributed by atoms with E-state index in [-0.39, 0.29) is 0 Å². The van der Waals surface area contributed by atoms with Gasteiger partial charge in [0.1, 0.15) is 0 Å². The first-order valence-corrected chi connectivity index (χ1v) is 7.52. The van der Waals surface area contributed by atoms with E-state index in [2.05, 4.69) is 0 Å². The number of aliphatic hydroxyl groups is 1. The van der Waals surface area contributed by atoms with Crippen molar-refractivity contribution in [2.75, 3.05) is 19.0 Å². The van der Waals surface area contributed by atoms with E-state index >= 15 is 0 Å². The van der Waals surface area contributed by atoms with Gasteiger partial charge in [0.2, 0.25) is 0 Å². The number of nitrogens with zero attached hydrogens (tertiary/aromatic N) is 2. The Kier molecular flexibility index (Phi) is 5.15. The summed E-state index contributed by atoms with van der Waals surface area (Å²) in [5, 5.41) is 21.9. The number of nitro benzene ring substituents is 1. The van der Waals surface area contributed by atoms with Crippen LogP contribution in [0.3, 0.4) is 0 Å². The van der Waals surface area contributed by atoms with Crippen molar-refractivity contribution in [1.82, 2.24) is 0 Å². The Bertz CT molecular complexity index is 837. The summed E-state index contributed by atoms with van der Waals surface area (Å²) in [6, 6.07) is 7.77. The normalized spacial score (nSPS) is 14.5. The van der Waals surface area contributed by atoms with Crippen molar-refractivity contribution in [2.24, 2.45) is 0 Å². The average molecular weight is 390 g/mol. The van der Waals surface area contributed by atoms with Crippen molar-refractivity contribution in [3.05, 3.63) is 69.8 Å². The number of hydrogen-bond acceptors (Lipinski definition) is 4. The molecule has 0 bridgehead atoms. The molecule has 10 heteroatoms. The van der Waals surface area contributed by atoms with E-state index in [0.29, 0.717) is 11.8 Å². The predicted octanol–water partition coefficient (Wildman–Crippen LogP) is 4.09. The van der Waals surface area contributed by atoms with E-state index in [9.17, 15) is 37.2 Å². The molecular formula is C17H15F5N2O3. The van der Waals surface area contributed by atoms with Gasteiger partial charge in [-0.15, -0.1) is 0 Å². The van der Waals surface area contributed by atoms with Crippen molar-refractivity contribution in [2.45, 2.75) is 17.7 Å². The lowest BCUT2D eigenvalue weighted by atomic mass is 9.79. The van der Waals surface area contributed by atoms with Gasteiger partial charge >= 0.3 is 12.1 Å². The third-order valence-electron chi connectivity index (χ3n) is 4.10. The second-order valence-electron chi connectivity index (χ2n) is 6.00. The van der Waals surface area contributed by atoms with E-state index in [1.165, 1.54) is 12.1 Å². The maximum absolute atomic E-state index is 14.4. The Hall–Kier alpha value is -2.75. The van der Waals surface area contributed by atoms with Gasteiger partial charge in [0.05, 0.1) is 10.5 Å². The number of nitro groups is 1. The van der Waals surface area contributed by atoms with Gasteiger partial charge in [0, 0.05) is 25.8 Å². The summed E-state index contributed by atoms with van der Waals surface area (Å²) in [5.41, 5.74) is -6.57. The van der Waals surface area contributed by atoms with Crippen molar-refractivity contribution >= 4 is 11.4 Å². The highest BCUT2D eigenvalue weighted by Gasteiger charge is 2.72. The Morgan fingerprint density at radius 2 is 1.48 bits per heavy atom. The lowest BCUT2D eigenvalue weighted by Gasteiger charge is -2.37. The van der Waals surface area contributed by atoms with E-state index in [1.807, 2.05) is 0 Å². The SMILES string of the molecule is CN(C)c1ccc(C(O)(c2ccccc2[N+](=O)[O-])C(F)(F)C(F)(F)F)cc1. The van der Waals surface area contributed by atoms with E-state index < -0.39 is 39.4 Å². The number of alkyl halides is 5. The average Bonchev–Trinajstić information content (AvgIpc) is 2.60. The monoisotopic (exact) mass is 390 g/mol. The van der Waals surface area contributed by atoms with Crippen LogP contribution in [0.25, 0.3) is 0 Å². The molecule has 2 aromatic carbocycles. The molecule has 0 radical (unpaired) electrons. The summed E-state index contributed by atoms with van der Waals surface area (Å²) in [4.78, 5) is 11.6. The van der Waals surface area contributed by atoms with Crippen LogP contribution in [0.5, 0.6) is 0 Å². The second kappa shape index (κ2) is 6.76. The molecule has 0 aliphatic rings. The molecular weight excluding hydrogens is 375 g/mol. The molecule has 0 aromatic heterocycles. The number of halogens is 5. The maximum Gasteiger partial charge on any atom is 0.457 e. The first-order valence-electron chi connectivity index (χ1n) is 7.52. The van der Waals surface area contributed by atoms with Crippen LogP contribution >= 0.6 is 0 Å². The van der Waals surface area contributed by atoms with Crippen molar-refractivity contribution < 1.29 is 32.0 Å². The molecule has 5 nitrogen and oxygen atoms in total. The van der Waals surface area contributed by atoms with Crippen LogP contribution in [0.15, 0.2) is 48.5 Å². The summed E-state index contributed by atoms with van der Waals surface area (Å²) in [5.74, 6) is -5.70. The van der Waals surface area contributed by atoms with Crippen LogP contribution in [0.4, 0.5) is 33.3 Å². The highest BCUT2D eigenvalue weighted by Crippen LogP contribution is 2.53. The largest absolute Gasteiger partial charge is 0.457 e. The zero-order chi connectivity index (χ0) is 20.6. The van der Waals surface area contributed by atoms with Crippen molar-refractivity contribution in [3.63, 3.8) is 0 Å². The number of benzene rings is 2. The van der Waals surface area contributed by atoms with Crippen LogP contribution in [-0.2, 0) is 5.60 Å². The smallest absolute Gasteiger partial charge is 0.378 e. The van der Waals surface area contributed by atoms with Crippen LogP contribution in [-0.4, -0.2) is 36.2 Å². The summed E-state index contributed by atoms with van der Waals surface area (Å²) in [6.07, 6.45) is -6.16. The van der Waals surface area contributed by atoms with Crippen LogP contribution in [0, 0.1) is 10.1 Å². The quantitative estimate of drug-likeness (QED) is 0.474. The van der Waals surface area contributed by atoms with Crippen molar-refractivity contribution in [3.8, 4) is 0 Å². The minimum atomic E-state index is -6.16. The molecule has 2 aromatic rings. The number of rotatable bonds is 5. The van der Waals surface area contributed by atoms with Gasteiger partial charge in [0.15, 0.2) is 5.60 Å². The van der Waals surface area contributed by atoms with Gasteiger partial charge in [-0.3, -0.25) is 10.1 Å². The minimum Gasteiger partial charge on any atom is -0.378 e. The van der Waals surface area contributed by atoms with Gasteiger partial charge in [-0.25, -0.2) is 0 Å². The van der Waals surface area contributed by atoms with Gasteiger partial charge in [0.25, 0.3) is 5.69 Å². The molecule has 1 atom stereocenters. The maximum atomic E-state index is 14.4. The molecule has 1 N–H and O–H groups in total. The lowest BCUT2D eigenvalue weighted by molar-refractivity contribution is -0.389. The standard InChI is InChI=1S/C17H15F5N2O3/c1-23(2)12-9-7-11(8-10-12)15(25,16(18,19)17(20,21)22)13-5-3-4-6-14(13)24(26)27/h3-10,25H,1-2H3. The topological polar surface area (TPSA) is 66.6 Å². The molecule has 0 saturated heterocycles. The predicted molar refractivity (Wildman–Crippen MR) is 87.9 cm³/mol. The van der Waals surface area contributed by atoms with Gasteiger partial charge < -0.3 is 10.0 Å². The third-order valence-corrected chi connectivity index (χ3v) is 4.10. The Labute approximate surface area is 150 Å². The highest BCUT2D eigenvalue weighted by atomic mass is 19.4. The first kappa shape index (κ1) is 20.6. The Balaban J connectivity index is 2.84. The van der Waals surface area contributed by atoms with E-state index in [1.54, 1.807) is 19.0 Å². The van der Waals surface area contributed by atoms with Crippen LogP contribution in [0.2, 0.25) is 0 Å². The fourth-order valence-electron chi connectivity index (χ4n) is 2.65. The molecule has 2 rings (SSSR count). The summed E-state index contributed by atoms with van der Waals surface area (Å²) >= 11 is 0. The fraction of sp³-hybridized carbons (Fsp3) is 0.294. The second-order valence-corrected chi connectivity index (χ2v) is 6.00. The highest BCUT2D eigenvalue weighted by molar-refractivity contribution is 5.54. The zero-order valence-corrected chi connectivity index (χ0v) is 14.2. The molecule has 0 aliphatic carbocycles. The molecule has 0 aliphatic heterocycles. The van der Waals surface area contributed by atoms with Crippen LogP contribution in [0.1, 0.15) is 11.1 Å². The molecule has 0 heterocycles. The molecule has 27 heavy (non-hydrogen) atoms. The third kappa shape index (κ3) is 3.32. The summed E-state index contributed by atoms with van der Waals surface area (Å²) < 4.78 is 68.3. The lowest BCUT2D eigenvalue weighted by Crippen LogP contribution is -2.55. The van der Waals surface area contributed by atoms with Crippen molar-refractivity contribution in [1.29, 1.82) is 0 Å². The molecule has 0 amide bonds. The van der Waals surface area contributed by atoms with Crippen LogP contribution < -0.4 is 4.90 Å². The molecule has 0 saturated carbocycles. The van der Waals surface area contributed by atoms with E-state index in [0.717, 1.165) is 30.3 Å². The minimum absolute atomic E-state index is 0.471. The van der Waals surface area contributed by atoms with Gasteiger partial charge in [-0.1, -0.05) is 24.3 Å². The zero-order valence-electron chi connectivity index (χ0n) is 14.2. The summed E-state index contributed by atoms with van der Waals surface area (Å²) in [6.45, 7) is 0. The Morgan fingerprint density at radius 1 is 0.963 bits per heavy atom. The number of hydrogen-bond donors (Lipinski definition) is 1. The molecule has 1 unspecified atom stereocenters. The number of para-hydroxylation sites is 1. The molecule has 0 spiro atoms. The molecule has 0 fully saturated rings.